The molecule has 1 aromatic heterocycles. The van der Waals surface area contributed by atoms with E-state index in [1.54, 1.807) is 29.2 Å². The van der Waals surface area contributed by atoms with Crippen molar-refractivity contribution < 1.29 is 18.3 Å². The van der Waals surface area contributed by atoms with Crippen molar-refractivity contribution >= 4 is 34.7 Å². The number of halogens is 3. The van der Waals surface area contributed by atoms with Crippen molar-refractivity contribution in [3.05, 3.63) is 58.6 Å². The van der Waals surface area contributed by atoms with E-state index < -0.39 is 6.11 Å². The highest BCUT2D eigenvalue weighted by Crippen LogP contribution is 2.34. The number of nitrogens with zero attached hydrogens (tertiary/aromatic N) is 3. The van der Waals surface area contributed by atoms with Crippen molar-refractivity contribution in [2.45, 2.75) is 25.4 Å². The number of anilines is 1. The van der Waals surface area contributed by atoms with E-state index in [2.05, 4.69) is 14.1 Å². The molecule has 3 aromatic rings. The van der Waals surface area contributed by atoms with E-state index >= 15 is 0 Å². The molecule has 2 aromatic carbocycles. The fourth-order valence-corrected chi connectivity index (χ4v) is 4.03. The zero-order valence-corrected chi connectivity index (χ0v) is 16.9. The van der Waals surface area contributed by atoms with Crippen LogP contribution in [-0.2, 0) is 4.79 Å². The molecule has 1 aliphatic rings. The van der Waals surface area contributed by atoms with Crippen molar-refractivity contribution in [1.82, 2.24) is 9.36 Å². The molecule has 0 radical (unpaired) electrons. The number of rotatable bonds is 5. The van der Waals surface area contributed by atoms with Crippen LogP contribution in [0.5, 0.6) is 5.75 Å². The van der Waals surface area contributed by atoms with Gasteiger partial charge in [-0.1, -0.05) is 11.6 Å². The minimum atomic E-state index is -3.24. The predicted octanol–water partition coefficient (Wildman–Crippen LogP) is 5.37. The zero-order chi connectivity index (χ0) is 20.6. The molecule has 4 rings (SSSR count). The van der Waals surface area contributed by atoms with Crippen molar-refractivity contribution in [2.24, 2.45) is 0 Å². The molecule has 5 nitrogen and oxygen atoms in total. The van der Waals surface area contributed by atoms with Gasteiger partial charge in [0.1, 0.15) is 10.8 Å². The second kappa shape index (κ2) is 7.68. The maximum Gasteiger partial charge on any atom is 0.394 e. The molecule has 150 valence electrons. The summed E-state index contributed by atoms with van der Waals surface area (Å²) in [5.74, 6) is 0.538. The first kappa shape index (κ1) is 19.7. The van der Waals surface area contributed by atoms with Gasteiger partial charge >= 0.3 is 6.11 Å². The topological polar surface area (TPSA) is 55.3 Å². The largest absolute Gasteiger partial charge is 0.433 e. The SMILES string of the molecule is CC(F)(F)Oc1ccc(-c2nsc(C3CC(=O)N(c4ccc(Cl)cc4)C3)n2)cc1. The van der Waals surface area contributed by atoms with Gasteiger partial charge in [0.2, 0.25) is 5.91 Å². The molecule has 0 aliphatic carbocycles. The van der Waals surface area contributed by atoms with Crippen LogP contribution in [-0.4, -0.2) is 27.9 Å². The first-order valence-corrected chi connectivity index (χ1v) is 10.0. The monoisotopic (exact) mass is 435 g/mol. The second-order valence-electron chi connectivity index (χ2n) is 6.77. The lowest BCUT2D eigenvalue weighted by Gasteiger charge is -2.16. The number of hydrogen-bond donors (Lipinski definition) is 0. The number of benzene rings is 2. The second-order valence-corrected chi connectivity index (χ2v) is 7.99. The van der Waals surface area contributed by atoms with Gasteiger partial charge < -0.3 is 9.64 Å². The van der Waals surface area contributed by atoms with Crippen molar-refractivity contribution in [1.29, 1.82) is 0 Å². The molecule has 0 spiro atoms. The van der Waals surface area contributed by atoms with E-state index in [9.17, 15) is 13.6 Å². The molecule has 0 N–H and O–H groups in total. The molecule has 1 unspecified atom stereocenters. The Kier molecular flexibility index (Phi) is 5.23. The molecule has 0 saturated carbocycles. The fourth-order valence-electron chi connectivity index (χ4n) is 3.14. The van der Waals surface area contributed by atoms with Crippen molar-refractivity contribution in [3.63, 3.8) is 0 Å². The Morgan fingerprint density at radius 2 is 1.86 bits per heavy atom. The molecule has 1 atom stereocenters. The quantitative estimate of drug-likeness (QED) is 0.540. The van der Waals surface area contributed by atoms with Crippen LogP contribution in [0.1, 0.15) is 24.3 Å². The van der Waals surface area contributed by atoms with Gasteiger partial charge in [-0.3, -0.25) is 4.79 Å². The maximum atomic E-state index is 12.9. The molecular formula is C20H16ClF2N3O2S. The van der Waals surface area contributed by atoms with Crippen LogP contribution in [0.4, 0.5) is 14.5 Å². The highest BCUT2D eigenvalue weighted by atomic mass is 35.5. The number of amides is 1. The Hall–Kier alpha value is -2.58. The summed E-state index contributed by atoms with van der Waals surface area (Å²) in [5.41, 5.74) is 1.49. The van der Waals surface area contributed by atoms with E-state index in [0.29, 0.717) is 36.3 Å². The Morgan fingerprint density at radius 1 is 1.17 bits per heavy atom. The summed E-state index contributed by atoms with van der Waals surface area (Å²) in [6.07, 6.45) is -2.88. The van der Waals surface area contributed by atoms with Gasteiger partial charge in [-0.05, 0) is 60.1 Å². The summed E-state index contributed by atoms with van der Waals surface area (Å²) in [5, 5.41) is 1.38. The van der Waals surface area contributed by atoms with Crippen LogP contribution >= 0.6 is 23.1 Å². The van der Waals surface area contributed by atoms with Crippen LogP contribution < -0.4 is 9.64 Å². The molecule has 9 heteroatoms. The van der Waals surface area contributed by atoms with Crippen LogP contribution in [0.2, 0.25) is 5.02 Å². The van der Waals surface area contributed by atoms with Gasteiger partial charge in [0.05, 0.1) is 0 Å². The highest BCUT2D eigenvalue weighted by Gasteiger charge is 2.34. The van der Waals surface area contributed by atoms with Crippen LogP contribution in [0, 0.1) is 0 Å². The minimum Gasteiger partial charge on any atom is -0.433 e. The summed E-state index contributed by atoms with van der Waals surface area (Å²) in [6, 6.07) is 13.3. The van der Waals surface area contributed by atoms with Crippen LogP contribution in [0.25, 0.3) is 11.4 Å². The van der Waals surface area contributed by atoms with Crippen molar-refractivity contribution in [3.8, 4) is 17.1 Å². The molecule has 1 amide bonds. The van der Waals surface area contributed by atoms with Crippen molar-refractivity contribution in [2.75, 3.05) is 11.4 Å². The molecule has 2 heterocycles. The first-order chi connectivity index (χ1) is 13.8. The first-order valence-electron chi connectivity index (χ1n) is 8.85. The normalized spacial score (nSPS) is 17.0. The van der Waals surface area contributed by atoms with E-state index in [-0.39, 0.29) is 17.6 Å². The van der Waals surface area contributed by atoms with E-state index in [1.807, 2.05) is 12.1 Å². The minimum absolute atomic E-state index is 0.0241. The predicted molar refractivity (Wildman–Crippen MR) is 108 cm³/mol. The Labute approximate surface area is 175 Å². The van der Waals surface area contributed by atoms with Gasteiger partial charge in [0.25, 0.3) is 0 Å². The number of carbonyl (C=O) groups excluding carboxylic acids is 1. The lowest BCUT2D eigenvalue weighted by molar-refractivity contribution is -0.158. The van der Waals surface area contributed by atoms with Gasteiger partial charge in [0.15, 0.2) is 5.82 Å². The van der Waals surface area contributed by atoms with Crippen LogP contribution in [0.15, 0.2) is 48.5 Å². The number of ether oxygens (including phenoxy) is 1. The molecule has 1 fully saturated rings. The van der Waals surface area contributed by atoms with Gasteiger partial charge in [0, 0.05) is 42.1 Å². The summed E-state index contributed by atoms with van der Waals surface area (Å²) < 4.78 is 34.8. The van der Waals surface area contributed by atoms with E-state index in [4.69, 9.17) is 11.6 Å². The van der Waals surface area contributed by atoms with E-state index in [0.717, 1.165) is 10.7 Å². The average molecular weight is 436 g/mol. The number of alkyl halides is 2. The lowest BCUT2D eigenvalue weighted by atomic mass is 10.1. The molecular weight excluding hydrogens is 420 g/mol. The molecule has 0 bridgehead atoms. The van der Waals surface area contributed by atoms with Gasteiger partial charge in [-0.2, -0.15) is 13.2 Å². The number of hydrogen-bond acceptors (Lipinski definition) is 5. The Balaban J connectivity index is 1.48. The number of carbonyl (C=O) groups is 1. The summed E-state index contributed by atoms with van der Waals surface area (Å²) in [4.78, 5) is 18.7. The molecule has 1 saturated heterocycles. The molecule has 29 heavy (non-hydrogen) atoms. The third kappa shape index (κ3) is 4.54. The average Bonchev–Trinajstić information content (AvgIpc) is 3.29. The maximum absolute atomic E-state index is 12.9. The highest BCUT2D eigenvalue weighted by molar-refractivity contribution is 7.05. The summed E-state index contributed by atoms with van der Waals surface area (Å²) in [6.45, 7) is 1.21. The smallest absolute Gasteiger partial charge is 0.394 e. The van der Waals surface area contributed by atoms with Gasteiger partial charge in [-0.25, -0.2) is 4.98 Å². The third-order valence-corrected chi connectivity index (χ3v) is 5.59. The summed E-state index contributed by atoms with van der Waals surface area (Å²) in [7, 11) is 0. The van der Waals surface area contributed by atoms with Crippen LogP contribution in [0.3, 0.4) is 0 Å². The van der Waals surface area contributed by atoms with Gasteiger partial charge in [-0.15, -0.1) is 0 Å². The Morgan fingerprint density at radius 3 is 2.52 bits per heavy atom. The Bertz CT molecular complexity index is 1020. The summed E-state index contributed by atoms with van der Waals surface area (Å²) >= 11 is 7.16. The lowest BCUT2D eigenvalue weighted by Crippen LogP contribution is -2.24. The van der Waals surface area contributed by atoms with E-state index in [1.165, 1.54) is 23.7 Å². The number of aromatic nitrogens is 2. The third-order valence-electron chi connectivity index (χ3n) is 4.46. The standard InChI is InChI=1S/C20H16ClF2N3O2S/c1-20(22,23)28-16-8-2-12(3-9-16)18-24-19(29-25-18)13-10-17(27)26(11-13)15-6-4-14(21)5-7-15/h2-9,13H,10-11H2,1H3. The molecule has 1 aliphatic heterocycles. The zero-order valence-electron chi connectivity index (χ0n) is 15.3. The fraction of sp³-hybridized carbons (Fsp3) is 0.250.